The number of pyridine rings is 1. The highest BCUT2D eigenvalue weighted by Gasteiger charge is 2.31. The van der Waals surface area contributed by atoms with Crippen LogP contribution in [-0.2, 0) is 4.79 Å². The number of hydrogen-bond acceptors (Lipinski definition) is 4. The number of likely N-dealkylation sites (tertiary alicyclic amines) is 1. The number of amides is 1. The van der Waals surface area contributed by atoms with Gasteiger partial charge in [0.2, 0.25) is 5.91 Å². The minimum Gasteiger partial charge on any atom is -0.354 e. The van der Waals surface area contributed by atoms with Crippen LogP contribution in [0.5, 0.6) is 0 Å². The van der Waals surface area contributed by atoms with Crippen LogP contribution in [0, 0.1) is 5.92 Å². The van der Waals surface area contributed by atoms with Crippen molar-refractivity contribution in [2.45, 2.75) is 25.7 Å². The maximum Gasteiger partial charge on any atom is 0.227 e. The zero-order valence-corrected chi connectivity index (χ0v) is 14.8. The van der Waals surface area contributed by atoms with Gasteiger partial charge in [-0.05, 0) is 49.9 Å². The molecule has 134 valence electrons. The van der Waals surface area contributed by atoms with Crippen molar-refractivity contribution >= 4 is 28.4 Å². The third kappa shape index (κ3) is 2.52. The maximum absolute atomic E-state index is 12.9. The van der Waals surface area contributed by atoms with Crippen LogP contribution in [0.15, 0.2) is 36.7 Å². The molecule has 1 amide bonds. The van der Waals surface area contributed by atoms with E-state index in [0.29, 0.717) is 5.91 Å². The van der Waals surface area contributed by atoms with Crippen molar-refractivity contribution in [1.82, 2.24) is 19.3 Å². The van der Waals surface area contributed by atoms with Crippen molar-refractivity contribution in [2.75, 3.05) is 31.1 Å². The van der Waals surface area contributed by atoms with Gasteiger partial charge in [-0.3, -0.25) is 4.79 Å². The fraction of sp³-hybridized carbons (Fsp3) is 0.450. The molecule has 6 nitrogen and oxygen atoms in total. The largest absolute Gasteiger partial charge is 0.354 e. The lowest BCUT2D eigenvalue weighted by atomic mass is 9.96. The summed E-state index contributed by atoms with van der Waals surface area (Å²) in [5.74, 6) is 1.36. The van der Waals surface area contributed by atoms with E-state index < -0.39 is 0 Å². The summed E-state index contributed by atoms with van der Waals surface area (Å²) in [5.41, 5.74) is 2.84. The lowest BCUT2D eigenvalue weighted by Crippen LogP contribution is -2.44. The van der Waals surface area contributed by atoms with E-state index in [-0.39, 0.29) is 5.92 Å². The number of rotatable bonds is 2. The van der Waals surface area contributed by atoms with Gasteiger partial charge in [-0.25, -0.2) is 9.97 Å². The second kappa shape index (κ2) is 6.27. The minimum atomic E-state index is 0.0816. The van der Waals surface area contributed by atoms with E-state index in [1.165, 1.54) is 0 Å². The van der Waals surface area contributed by atoms with Gasteiger partial charge in [0.15, 0.2) is 11.5 Å². The van der Waals surface area contributed by atoms with Gasteiger partial charge in [0.25, 0.3) is 0 Å². The highest BCUT2D eigenvalue weighted by atomic mass is 16.2. The number of hydrogen-bond donors (Lipinski definition) is 0. The Morgan fingerprint density at radius 1 is 1.04 bits per heavy atom. The summed E-state index contributed by atoms with van der Waals surface area (Å²) in [5, 5.41) is 0. The zero-order chi connectivity index (χ0) is 17.5. The van der Waals surface area contributed by atoms with Crippen molar-refractivity contribution in [3.63, 3.8) is 0 Å². The molecule has 0 aliphatic carbocycles. The summed E-state index contributed by atoms with van der Waals surface area (Å²) in [4.78, 5) is 26.5. The van der Waals surface area contributed by atoms with Gasteiger partial charge in [-0.1, -0.05) is 0 Å². The van der Waals surface area contributed by atoms with Crippen molar-refractivity contribution < 1.29 is 4.79 Å². The van der Waals surface area contributed by atoms with Crippen molar-refractivity contribution in [3.05, 3.63) is 36.7 Å². The summed E-state index contributed by atoms with van der Waals surface area (Å²) >= 11 is 0. The van der Waals surface area contributed by atoms with Gasteiger partial charge in [0, 0.05) is 38.6 Å². The fourth-order valence-electron chi connectivity index (χ4n) is 4.39. The molecule has 0 spiro atoms. The summed E-state index contributed by atoms with van der Waals surface area (Å²) in [7, 11) is 0. The number of anilines is 1. The number of aromatic nitrogens is 3. The van der Waals surface area contributed by atoms with E-state index in [9.17, 15) is 4.79 Å². The molecule has 5 heterocycles. The minimum absolute atomic E-state index is 0.0816. The van der Waals surface area contributed by atoms with Gasteiger partial charge in [-0.15, -0.1) is 0 Å². The summed E-state index contributed by atoms with van der Waals surface area (Å²) in [6.45, 7) is 3.55. The predicted molar refractivity (Wildman–Crippen MR) is 101 cm³/mol. The molecule has 2 aliphatic rings. The summed E-state index contributed by atoms with van der Waals surface area (Å²) in [6, 6.07) is 8.13. The van der Waals surface area contributed by atoms with Crippen LogP contribution in [0.3, 0.4) is 0 Å². The van der Waals surface area contributed by atoms with Crippen LogP contribution in [0.4, 0.5) is 5.82 Å². The summed E-state index contributed by atoms with van der Waals surface area (Å²) in [6.07, 6.45) is 8.13. The third-order valence-corrected chi connectivity index (χ3v) is 5.70. The van der Waals surface area contributed by atoms with Crippen LogP contribution in [0.25, 0.3) is 16.7 Å². The first-order chi connectivity index (χ1) is 12.8. The predicted octanol–water partition coefficient (Wildman–Crippen LogP) is 2.72. The molecule has 3 aromatic rings. The first-order valence-corrected chi connectivity index (χ1v) is 9.57. The van der Waals surface area contributed by atoms with Gasteiger partial charge in [-0.2, -0.15) is 0 Å². The number of piperidine rings is 1. The third-order valence-electron chi connectivity index (χ3n) is 5.70. The molecular formula is C20H23N5O. The van der Waals surface area contributed by atoms with Crippen molar-refractivity contribution in [1.29, 1.82) is 0 Å². The smallest absolute Gasteiger partial charge is 0.227 e. The second-order valence-corrected chi connectivity index (χ2v) is 7.36. The van der Waals surface area contributed by atoms with E-state index in [1.54, 1.807) is 6.20 Å². The molecular weight excluding hydrogens is 326 g/mol. The maximum atomic E-state index is 12.9. The van der Waals surface area contributed by atoms with Crippen LogP contribution in [-0.4, -0.2) is 51.4 Å². The molecule has 2 aliphatic heterocycles. The number of fused-ring (bicyclic) bond motifs is 3. The van der Waals surface area contributed by atoms with Crippen LogP contribution >= 0.6 is 0 Å². The number of nitrogens with zero attached hydrogens (tertiary/aromatic N) is 5. The molecule has 0 saturated carbocycles. The number of carbonyl (C=O) groups excluding carboxylic acids is 1. The molecule has 5 rings (SSSR count). The Kier molecular flexibility index (Phi) is 3.76. The lowest BCUT2D eigenvalue weighted by molar-refractivity contribution is -0.134. The fourth-order valence-corrected chi connectivity index (χ4v) is 4.39. The highest BCUT2D eigenvalue weighted by molar-refractivity contribution is 5.84. The lowest BCUT2D eigenvalue weighted by Gasteiger charge is -2.35. The van der Waals surface area contributed by atoms with Gasteiger partial charge >= 0.3 is 0 Å². The standard InChI is InChI=1S/C20H23N5O/c26-20(23-10-1-2-11-23)15-6-4-12-24(14-15)19-17-8-5-13-25(17)16-7-3-9-21-18(16)22-19/h3,5,7-9,13,15H,1-2,4,6,10-12,14H2. The molecule has 1 atom stereocenters. The Balaban J connectivity index is 1.50. The Morgan fingerprint density at radius 3 is 2.77 bits per heavy atom. The Bertz CT molecular complexity index is 959. The number of carbonyl (C=O) groups is 1. The quantitative estimate of drug-likeness (QED) is 0.714. The van der Waals surface area contributed by atoms with Crippen LogP contribution < -0.4 is 4.90 Å². The molecule has 0 N–H and O–H groups in total. The van der Waals surface area contributed by atoms with E-state index in [4.69, 9.17) is 4.98 Å². The van der Waals surface area contributed by atoms with Crippen molar-refractivity contribution in [3.8, 4) is 0 Å². The van der Waals surface area contributed by atoms with Crippen LogP contribution in [0.2, 0.25) is 0 Å². The van der Waals surface area contributed by atoms with Crippen molar-refractivity contribution in [2.24, 2.45) is 5.92 Å². The van der Waals surface area contributed by atoms with Crippen LogP contribution in [0.1, 0.15) is 25.7 Å². The molecule has 0 bridgehead atoms. The topological polar surface area (TPSA) is 53.7 Å². The van der Waals surface area contributed by atoms with E-state index in [0.717, 1.165) is 74.4 Å². The first-order valence-electron chi connectivity index (χ1n) is 9.57. The van der Waals surface area contributed by atoms with E-state index >= 15 is 0 Å². The molecule has 26 heavy (non-hydrogen) atoms. The van der Waals surface area contributed by atoms with Gasteiger partial charge < -0.3 is 14.2 Å². The molecule has 2 saturated heterocycles. The second-order valence-electron chi connectivity index (χ2n) is 7.36. The Morgan fingerprint density at radius 2 is 1.88 bits per heavy atom. The molecule has 2 fully saturated rings. The SMILES string of the molecule is O=C(C1CCCN(c2nc3ncccc3n3cccc23)C1)N1CCCC1. The average Bonchev–Trinajstić information content (AvgIpc) is 3.39. The van der Waals surface area contributed by atoms with E-state index in [2.05, 4.69) is 31.4 Å². The van der Waals surface area contributed by atoms with Gasteiger partial charge in [0.05, 0.1) is 17.0 Å². The Labute approximate surface area is 152 Å². The Hall–Kier alpha value is -2.63. The molecule has 0 aromatic carbocycles. The first kappa shape index (κ1) is 15.6. The highest BCUT2D eigenvalue weighted by Crippen LogP contribution is 2.29. The monoisotopic (exact) mass is 349 g/mol. The molecule has 3 aromatic heterocycles. The normalized spacial score (nSPS) is 21.0. The van der Waals surface area contributed by atoms with Gasteiger partial charge in [0.1, 0.15) is 0 Å². The summed E-state index contributed by atoms with van der Waals surface area (Å²) < 4.78 is 2.15. The molecule has 6 heteroatoms. The average molecular weight is 349 g/mol. The molecule has 0 radical (unpaired) electrons. The molecule has 1 unspecified atom stereocenters. The zero-order valence-electron chi connectivity index (χ0n) is 14.8. The van der Waals surface area contributed by atoms with E-state index in [1.807, 2.05) is 18.2 Å².